The van der Waals surface area contributed by atoms with E-state index in [1.165, 1.54) is 12.0 Å². The molecule has 5 atom stereocenters. The molecule has 1 unspecified atom stereocenters. The van der Waals surface area contributed by atoms with E-state index in [0.29, 0.717) is 38.6 Å². The van der Waals surface area contributed by atoms with Gasteiger partial charge in [0.2, 0.25) is 17.7 Å². The largest absolute Gasteiger partial charge is 0.462 e. The second kappa shape index (κ2) is 21.4. The highest BCUT2D eigenvalue weighted by Gasteiger charge is 2.45. The molecule has 52 heavy (non-hydrogen) atoms. The molecule has 0 radical (unpaired) electrons. The number of rotatable bonds is 22. The van der Waals surface area contributed by atoms with Crippen LogP contribution in [0, 0.1) is 11.8 Å². The van der Waals surface area contributed by atoms with Gasteiger partial charge in [0.1, 0.15) is 18.2 Å². The zero-order valence-electron chi connectivity index (χ0n) is 30.9. The van der Waals surface area contributed by atoms with Gasteiger partial charge < -0.3 is 42.2 Å². The lowest BCUT2D eigenvalue weighted by molar-refractivity contribution is -0.151. The number of hydrogen-bond donors (Lipinski definition) is 5. The van der Waals surface area contributed by atoms with Crippen LogP contribution in [0.2, 0.25) is 0 Å². The van der Waals surface area contributed by atoms with E-state index in [-0.39, 0.29) is 63.2 Å². The van der Waals surface area contributed by atoms with E-state index in [1.807, 2.05) is 74.5 Å². The minimum atomic E-state index is -1.37. The summed E-state index contributed by atoms with van der Waals surface area (Å²) < 4.78 is 10.2. The van der Waals surface area contributed by atoms with E-state index < -0.39 is 47.4 Å². The lowest BCUT2D eigenvalue weighted by atomic mass is 9.88. The molecule has 0 aliphatic carbocycles. The highest BCUT2D eigenvalue weighted by Crippen LogP contribution is 2.24. The molecule has 0 spiro atoms. The molecule has 0 aromatic heterocycles. The average Bonchev–Trinajstić information content (AvgIpc) is 3.54. The fourth-order valence-corrected chi connectivity index (χ4v) is 6.38. The van der Waals surface area contributed by atoms with Crippen molar-refractivity contribution in [2.45, 2.75) is 88.9 Å². The molecular formula is C39H58N6O7. The minimum absolute atomic E-state index is 0.0480. The summed E-state index contributed by atoms with van der Waals surface area (Å²) >= 11 is 0. The summed E-state index contributed by atoms with van der Waals surface area (Å²) in [4.78, 5) is 69.4. The van der Waals surface area contributed by atoms with Crippen LogP contribution in [0.25, 0.3) is 0 Å². The van der Waals surface area contributed by atoms with Crippen molar-refractivity contribution < 1.29 is 33.4 Å². The number of amides is 3. The summed E-state index contributed by atoms with van der Waals surface area (Å²) in [5.41, 5.74) is 18.8. The molecule has 3 amide bonds. The highest BCUT2D eigenvalue weighted by atomic mass is 16.6. The third-order valence-corrected chi connectivity index (χ3v) is 9.30. The first kappa shape index (κ1) is 42.2. The van der Waals surface area contributed by atoms with E-state index in [0.717, 1.165) is 11.1 Å². The lowest BCUT2D eigenvalue weighted by Crippen LogP contribution is -2.54. The van der Waals surface area contributed by atoms with Gasteiger partial charge in [0, 0.05) is 32.5 Å². The predicted octanol–water partition coefficient (Wildman–Crippen LogP) is 1.64. The van der Waals surface area contributed by atoms with Crippen LogP contribution in [0.15, 0.2) is 60.7 Å². The van der Waals surface area contributed by atoms with Gasteiger partial charge in [0.15, 0.2) is 5.78 Å². The number of unbranched alkanes of at least 4 members (excludes halogenated alkanes) is 1. The minimum Gasteiger partial charge on any atom is -0.462 e. The Labute approximate surface area is 307 Å². The SMILES string of the molecule is COCCOC(=O)C1(N)CCN(C(=O)[C@@H](CCCCN)NC(=O)[C@H](CC(=O)[C@@H](Cc2ccccc2)NC(=O)[C@H](N)Cc2ccccc2)CC(C)C)C1. The summed E-state index contributed by atoms with van der Waals surface area (Å²) in [7, 11) is 1.49. The fourth-order valence-electron chi connectivity index (χ4n) is 6.38. The van der Waals surface area contributed by atoms with Crippen molar-refractivity contribution in [1.29, 1.82) is 0 Å². The summed E-state index contributed by atoms with van der Waals surface area (Å²) in [6.45, 7) is 4.77. The lowest BCUT2D eigenvalue weighted by Gasteiger charge is -2.28. The fraction of sp³-hybridized carbons (Fsp3) is 0.564. The number of methoxy groups -OCH3 is 1. The Morgan fingerprint density at radius 3 is 2.08 bits per heavy atom. The number of Topliss-reactive ketones (excluding diaryl/α,β-unsaturated/α-hetero) is 1. The number of hydrogen-bond acceptors (Lipinski definition) is 10. The van der Waals surface area contributed by atoms with Gasteiger partial charge in [0.25, 0.3) is 0 Å². The molecule has 1 saturated heterocycles. The number of likely N-dealkylation sites (tertiary alicyclic amines) is 1. The first-order valence-corrected chi connectivity index (χ1v) is 18.3. The van der Waals surface area contributed by atoms with Gasteiger partial charge in [-0.15, -0.1) is 0 Å². The number of carbonyl (C=O) groups excluding carboxylic acids is 5. The van der Waals surface area contributed by atoms with Gasteiger partial charge in [-0.2, -0.15) is 0 Å². The smallest absolute Gasteiger partial charge is 0.328 e. The molecule has 0 bridgehead atoms. The predicted molar refractivity (Wildman–Crippen MR) is 199 cm³/mol. The number of carbonyl (C=O) groups is 5. The van der Waals surface area contributed by atoms with E-state index in [1.54, 1.807) is 0 Å². The van der Waals surface area contributed by atoms with Crippen LogP contribution in [0.4, 0.5) is 0 Å². The molecule has 8 N–H and O–H groups in total. The van der Waals surface area contributed by atoms with Crippen molar-refractivity contribution in [3.8, 4) is 0 Å². The van der Waals surface area contributed by atoms with Gasteiger partial charge in [0.05, 0.1) is 18.7 Å². The molecule has 3 rings (SSSR count). The van der Waals surface area contributed by atoms with Crippen molar-refractivity contribution in [3.05, 3.63) is 71.8 Å². The van der Waals surface area contributed by atoms with Crippen molar-refractivity contribution in [2.75, 3.05) is 40.0 Å². The van der Waals surface area contributed by atoms with Crippen LogP contribution in [0.1, 0.15) is 63.5 Å². The first-order valence-electron chi connectivity index (χ1n) is 18.3. The number of ether oxygens (including phenoxy) is 2. The first-order chi connectivity index (χ1) is 24.9. The Balaban J connectivity index is 1.76. The van der Waals surface area contributed by atoms with Crippen LogP contribution in [0.3, 0.4) is 0 Å². The Morgan fingerprint density at radius 2 is 1.48 bits per heavy atom. The van der Waals surface area contributed by atoms with Gasteiger partial charge in [-0.25, -0.2) is 4.79 Å². The Morgan fingerprint density at radius 1 is 0.865 bits per heavy atom. The van der Waals surface area contributed by atoms with E-state index >= 15 is 0 Å². The van der Waals surface area contributed by atoms with Crippen LogP contribution < -0.4 is 27.8 Å². The number of nitrogens with two attached hydrogens (primary N) is 3. The van der Waals surface area contributed by atoms with Crippen molar-refractivity contribution in [1.82, 2.24) is 15.5 Å². The Bertz CT molecular complexity index is 1440. The molecule has 13 heteroatoms. The van der Waals surface area contributed by atoms with Crippen LogP contribution >= 0.6 is 0 Å². The van der Waals surface area contributed by atoms with Gasteiger partial charge in [-0.1, -0.05) is 74.5 Å². The second-order valence-corrected chi connectivity index (χ2v) is 14.2. The van der Waals surface area contributed by atoms with Crippen molar-refractivity contribution in [2.24, 2.45) is 29.0 Å². The van der Waals surface area contributed by atoms with Crippen molar-refractivity contribution >= 4 is 29.5 Å². The molecule has 1 fully saturated rings. The Hall–Kier alpha value is -4.17. The summed E-state index contributed by atoms with van der Waals surface area (Å²) in [5, 5.41) is 5.80. The highest BCUT2D eigenvalue weighted by molar-refractivity contribution is 5.95. The maximum atomic E-state index is 14.0. The third-order valence-electron chi connectivity index (χ3n) is 9.30. The van der Waals surface area contributed by atoms with Crippen molar-refractivity contribution in [3.63, 3.8) is 0 Å². The third kappa shape index (κ3) is 13.4. The molecule has 1 aliphatic rings. The zero-order valence-corrected chi connectivity index (χ0v) is 30.9. The quantitative estimate of drug-likeness (QED) is 0.0877. The molecule has 1 heterocycles. The number of ketones is 1. The molecule has 0 saturated carbocycles. The number of esters is 1. The maximum absolute atomic E-state index is 14.0. The average molecular weight is 723 g/mol. The van der Waals surface area contributed by atoms with Crippen LogP contribution in [0.5, 0.6) is 0 Å². The molecule has 13 nitrogen and oxygen atoms in total. The number of benzene rings is 2. The zero-order chi connectivity index (χ0) is 38.1. The summed E-state index contributed by atoms with van der Waals surface area (Å²) in [6.07, 6.45) is 2.51. The topological polar surface area (TPSA) is 209 Å². The van der Waals surface area contributed by atoms with Gasteiger partial charge in [-0.05, 0) is 68.5 Å². The summed E-state index contributed by atoms with van der Waals surface area (Å²) in [6, 6.07) is 16.0. The Kier molecular flexibility index (Phi) is 17.4. The molecule has 286 valence electrons. The monoisotopic (exact) mass is 722 g/mol. The van der Waals surface area contributed by atoms with E-state index in [4.69, 9.17) is 26.7 Å². The van der Waals surface area contributed by atoms with Crippen LogP contribution in [-0.2, 0) is 46.3 Å². The molecular weight excluding hydrogens is 664 g/mol. The molecule has 2 aromatic rings. The normalized spacial score (nSPS) is 17.9. The second-order valence-electron chi connectivity index (χ2n) is 14.2. The number of nitrogens with zero attached hydrogens (tertiary/aromatic N) is 1. The molecule has 2 aromatic carbocycles. The summed E-state index contributed by atoms with van der Waals surface area (Å²) in [5.74, 6) is -2.90. The van der Waals surface area contributed by atoms with Crippen LogP contribution in [-0.4, -0.2) is 98.0 Å². The maximum Gasteiger partial charge on any atom is 0.328 e. The van der Waals surface area contributed by atoms with E-state index in [9.17, 15) is 24.0 Å². The van der Waals surface area contributed by atoms with E-state index in [2.05, 4.69) is 10.6 Å². The number of nitrogens with one attached hydrogen (secondary N) is 2. The van der Waals surface area contributed by atoms with Gasteiger partial charge >= 0.3 is 5.97 Å². The standard InChI is InChI=1S/C39H58N6O7/c1-27(2)22-30(25-34(46)33(24-29-14-8-5-9-15-29)44-36(48)31(41)23-28-12-6-4-7-13-28)35(47)43-32(16-10-11-18-40)37(49)45-19-17-39(42,26-45)38(50)52-21-20-51-3/h4-9,12-15,27,30-33H,10-11,16-26,40-42H2,1-3H3,(H,43,47)(H,44,48)/t30-,31+,32+,33+,39?/m0/s1. The van der Waals surface area contributed by atoms with Gasteiger partial charge in [-0.3, -0.25) is 19.2 Å². The molecule has 1 aliphatic heterocycles.